The van der Waals surface area contributed by atoms with Crippen molar-refractivity contribution in [2.75, 3.05) is 105 Å². The van der Waals surface area contributed by atoms with Crippen LogP contribution >= 0.6 is 0 Å². The molecular weight excluding hydrogens is 947 g/mol. The van der Waals surface area contributed by atoms with Gasteiger partial charge in [-0.1, -0.05) is 36.3 Å². The number of piperidine rings is 3. The second-order valence-corrected chi connectivity index (χ2v) is 23.1. The summed E-state index contributed by atoms with van der Waals surface area (Å²) in [7, 11) is 0. The average Bonchev–Trinajstić information content (AvgIpc) is 3.88. The summed E-state index contributed by atoms with van der Waals surface area (Å²) < 4.78 is 52.0. The lowest BCUT2D eigenvalue weighted by Crippen LogP contribution is -2.60. The van der Waals surface area contributed by atoms with Gasteiger partial charge in [0.15, 0.2) is 0 Å². The molecule has 1 N–H and O–H groups in total. The number of ether oxygens (including phenoxy) is 4. The van der Waals surface area contributed by atoms with E-state index in [0.717, 1.165) is 134 Å². The Hall–Kier alpha value is -4.05. The number of likely N-dealkylation sites (tertiary alicyclic amines) is 3. The van der Waals surface area contributed by atoms with E-state index in [-0.39, 0.29) is 54.9 Å². The van der Waals surface area contributed by atoms with Gasteiger partial charge < -0.3 is 43.5 Å². The molecule has 74 heavy (non-hydrogen) atoms. The number of nitrogens with one attached hydrogen (secondary N) is 1. The van der Waals surface area contributed by atoms with Crippen molar-refractivity contribution in [1.82, 2.24) is 39.7 Å². The van der Waals surface area contributed by atoms with Crippen molar-refractivity contribution < 1.29 is 42.1 Å². The van der Waals surface area contributed by atoms with Crippen LogP contribution in [0.2, 0.25) is 0 Å². The van der Waals surface area contributed by atoms with Crippen molar-refractivity contribution in [1.29, 1.82) is 0 Å². The first kappa shape index (κ1) is 54.7. The molecule has 0 radical (unpaired) electrons. The highest BCUT2D eigenvalue weighted by molar-refractivity contribution is 5.79. The van der Waals surface area contributed by atoms with E-state index in [4.69, 9.17) is 30.5 Å². The summed E-state index contributed by atoms with van der Waals surface area (Å²) in [6, 6.07) is 11.3. The topological polar surface area (TPSA) is 144 Å². The standard InChI is InChI=1S/C57H84F2N8O7/c1-3-29-71-31-33-73-35-36-74-34-32-72-30-16-52(69)65-27-21-56(22-28-65)41-63(42-56)23-7-10-51(68)64-25-19-55(20-26-64)39-46(40-55)53-62-61-43(2)67(53)49-37-47-11-12-48(38-49)66(47)24-15-50(44-8-5-4-6-9-44)60-54(70)45-13-17-57(58,59)18-14-45/h1,4-6,8-9,45-50H,7,10-42H2,2H3,(H,60,70)/t47?,48?,49?,50-/m0/s1. The molecule has 17 heteroatoms. The number of halogens is 2. The van der Waals surface area contributed by atoms with Gasteiger partial charge in [-0.25, -0.2) is 8.78 Å². The molecule has 2 aromatic rings. The normalized spacial score (nSPS) is 25.1. The molecule has 7 aliphatic rings. The van der Waals surface area contributed by atoms with Crippen LogP contribution < -0.4 is 5.32 Å². The van der Waals surface area contributed by atoms with Crippen LogP contribution in [0.15, 0.2) is 30.3 Å². The Morgan fingerprint density at radius 3 is 1.93 bits per heavy atom. The van der Waals surface area contributed by atoms with Crippen molar-refractivity contribution in [3.05, 3.63) is 47.5 Å². The first-order valence-corrected chi connectivity index (χ1v) is 28.3. The van der Waals surface area contributed by atoms with Gasteiger partial charge in [-0.15, -0.1) is 16.6 Å². The van der Waals surface area contributed by atoms with Crippen molar-refractivity contribution in [2.24, 2.45) is 16.7 Å². The third-order valence-corrected chi connectivity index (χ3v) is 18.2. The number of alkyl halides is 2. The van der Waals surface area contributed by atoms with E-state index in [0.29, 0.717) is 101 Å². The Morgan fingerprint density at radius 2 is 1.31 bits per heavy atom. The Bertz CT molecular complexity index is 2150. The summed E-state index contributed by atoms with van der Waals surface area (Å²) in [6.45, 7) is 12.9. The van der Waals surface area contributed by atoms with Gasteiger partial charge >= 0.3 is 0 Å². The first-order valence-electron chi connectivity index (χ1n) is 28.3. The number of rotatable bonds is 25. The molecule has 9 rings (SSSR count). The van der Waals surface area contributed by atoms with Gasteiger partial charge in [0.1, 0.15) is 18.3 Å². The number of fused-ring (bicyclic) bond motifs is 2. The maximum absolute atomic E-state index is 13.9. The van der Waals surface area contributed by atoms with Crippen LogP contribution in [0.4, 0.5) is 8.78 Å². The Kier molecular flexibility index (Phi) is 18.8. The Balaban J connectivity index is 0.635. The third kappa shape index (κ3) is 13.9. The van der Waals surface area contributed by atoms with Gasteiger partial charge in [-0.05, 0) is 120 Å². The largest absolute Gasteiger partial charge is 0.379 e. The number of aryl methyl sites for hydroxylation is 1. The number of nitrogens with zero attached hydrogens (tertiary/aromatic N) is 7. The minimum Gasteiger partial charge on any atom is -0.379 e. The molecule has 408 valence electrons. The molecular formula is C57H84F2N8O7. The summed E-state index contributed by atoms with van der Waals surface area (Å²) in [5.41, 5.74) is 1.66. The molecule has 5 saturated heterocycles. The van der Waals surface area contributed by atoms with Crippen LogP contribution in [0.5, 0.6) is 0 Å². The lowest BCUT2D eigenvalue weighted by molar-refractivity contribution is -0.137. The quantitative estimate of drug-likeness (QED) is 0.0804. The van der Waals surface area contributed by atoms with Crippen LogP contribution in [0.25, 0.3) is 0 Å². The monoisotopic (exact) mass is 1030 g/mol. The molecule has 1 aromatic heterocycles. The molecule has 15 nitrogen and oxygen atoms in total. The van der Waals surface area contributed by atoms with Crippen LogP contribution in [0.3, 0.4) is 0 Å². The summed E-state index contributed by atoms with van der Waals surface area (Å²) in [6.07, 6.45) is 18.8. The van der Waals surface area contributed by atoms with Crippen LogP contribution in [-0.2, 0) is 33.3 Å². The molecule has 3 atom stereocenters. The van der Waals surface area contributed by atoms with E-state index in [1.165, 1.54) is 12.8 Å². The molecule has 2 bridgehead atoms. The zero-order valence-corrected chi connectivity index (χ0v) is 44.2. The fraction of sp³-hybridized carbons (Fsp3) is 0.772. The van der Waals surface area contributed by atoms with Crippen molar-refractivity contribution in [3.8, 4) is 12.3 Å². The molecule has 6 heterocycles. The van der Waals surface area contributed by atoms with E-state index in [1.807, 2.05) is 23.1 Å². The third-order valence-electron chi connectivity index (χ3n) is 18.2. The predicted octanol–water partition coefficient (Wildman–Crippen LogP) is 7.11. The highest BCUT2D eigenvalue weighted by Crippen LogP contribution is 2.57. The Morgan fingerprint density at radius 1 is 0.730 bits per heavy atom. The van der Waals surface area contributed by atoms with Gasteiger partial charge in [0.25, 0.3) is 0 Å². The van der Waals surface area contributed by atoms with Crippen LogP contribution in [-0.4, -0.2) is 175 Å². The van der Waals surface area contributed by atoms with Crippen LogP contribution in [0, 0.1) is 36.0 Å². The van der Waals surface area contributed by atoms with Crippen molar-refractivity contribution in [2.45, 2.75) is 159 Å². The van der Waals surface area contributed by atoms with Gasteiger partial charge in [0, 0.05) is 95.0 Å². The van der Waals surface area contributed by atoms with Gasteiger partial charge in [-0.2, -0.15) is 0 Å². The minimum absolute atomic E-state index is 0.0891. The maximum atomic E-state index is 13.9. The summed E-state index contributed by atoms with van der Waals surface area (Å²) in [5, 5.41) is 12.8. The molecule has 2 aliphatic carbocycles. The fourth-order valence-electron chi connectivity index (χ4n) is 13.9. The van der Waals surface area contributed by atoms with Crippen molar-refractivity contribution >= 4 is 17.7 Å². The number of amides is 3. The summed E-state index contributed by atoms with van der Waals surface area (Å²) >= 11 is 0. The molecule has 5 aliphatic heterocycles. The summed E-state index contributed by atoms with van der Waals surface area (Å²) in [5.74, 6) is 2.34. The lowest BCUT2D eigenvalue weighted by Gasteiger charge is -2.54. The van der Waals surface area contributed by atoms with Gasteiger partial charge in [0.05, 0.1) is 58.7 Å². The number of aromatic nitrogens is 3. The second-order valence-electron chi connectivity index (χ2n) is 23.1. The van der Waals surface area contributed by atoms with Gasteiger partial charge in [0.2, 0.25) is 23.6 Å². The van der Waals surface area contributed by atoms with E-state index < -0.39 is 5.92 Å². The lowest BCUT2D eigenvalue weighted by atomic mass is 9.57. The number of carbonyl (C=O) groups excluding carboxylic acids is 3. The highest BCUT2D eigenvalue weighted by atomic mass is 19.3. The smallest absolute Gasteiger partial charge is 0.248 e. The van der Waals surface area contributed by atoms with E-state index in [2.05, 4.69) is 54.7 Å². The van der Waals surface area contributed by atoms with Crippen LogP contribution in [0.1, 0.15) is 151 Å². The predicted molar refractivity (Wildman–Crippen MR) is 276 cm³/mol. The summed E-state index contributed by atoms with van der Waals surface area (Å²) in [4.78, 5) is 49.0. The molecule has 2 saturated carbocycles. The molecule has 1 aromatic carbocycles. The molecule has 3 amide bonds. The fourth-order valence-corrected chi connectivity index (χ4v) is 13.9. The van der Waals surface area contributed by atoms with E-state index in [9.17, 15) is 23.2 Å². The number of carbonyl (C=O) groups is 3. The number of hydrogen-bond acceptors (Lipinski definition) is 11. The highest BCUT2D eigenvalue weighted by Gasteiger charge is 2.50. The molecule has 7 fully saturated rings. The number of hydrogen-bond donors (Lipinski definition) is 1. The van der Waals surface area contributed by atoms with Gasteiger partial charge in [-0.3, -0.25) is 19.3 Å². The zero-order valence-electron chi connectivity index (χ0n) is 44.2. The number of terminal acetylenes is 1. The maximum Gasteiger partial charge on any atom is 0.248 e. The van der Waals surface area contributed by atoms with Crippen molar-refractivity contribution in [3.63, 3.8) is 0 Å². The average molecular weight is 1030 g/mol. The minimum atomic E-state index is -2.66. The first-order chi connectivity index (χ1) is 35.9. The Labute approximate surface area is 438 Å². The number of benzene rings is 1. The zero-order chi connectivity index (χ0) is 51.5. The van der Waals surface area contributed by atoms with E-state index >= 15 is 0 Å². The molecule has 2 spiro atoms. The molecule has 2 unspecified atom stereocenters. The van der Waals surface area contributed by atoms with E-state index in [1.54, 1.807) is 0 Å². The second kappa shape index (κ2) is 25.4. The SMILES string of the molecule is C#CCOCCOCCOCCOCCC(=O)N1CCC2(CC1)CN(CCCC(=O)N1CCC3(CC1)CC(c1nnc(C)n1C1CC4CCC(C1)N4CC[C@H](NC(=O)C1CCC(F)(F)CC1)c1ccccc1)C3)C2.